The van der Waals surface area contributed by atoms with Gasteiger partial charge in [0.2, 0.25) is 0 Å². The van der Waals surface area contributed by atoms with Gasteiger partial charge in [-0.2, -0.15) is 0 Å². The molecule has 0 radical (unpaired) electrons. The van der Waals surface area contributed by atoms with E-state index in [1.54, 1.807) is 12.4 Å². The van der Waals surface area contributed by atoms with E-state index < -0.39 is 5.54 Å². The number of carbonyl (C=O) groups excluding carboxylic acids is 1. The maximum Gasteiger partial charge on any atom is 0.163 e. The topological polar surface area (TPSA) is 90.5 Å². The molecule has 1 aromatic heterocycles. The number of aliphatic imine (C=N–C) groups is 1. The first-order valence-corrected chi connectivity index (χ1v) is 11.5. The molecule has 0 saturated heterocycles. The lowest BCUT2D eigenvalue weighted by atomic mass is 9.79. The number of nitrogens with two attached hydrogens (primary N) is 1. The molecule has 7 heteroatoms. The van der Waals surface area contributed by atoms with Crippen LogP contribution in [0.5, 0.6) is 11.5 Å². The molecule has 6 nitrogen and oxygen atoms in total. The Morgan fingerprint density at radius 1 is 1.06 bits per heavy atom. The Morgan fingerprint density at radius 2 is 1.75 bits per heavy atom. The number of benzene rings is 2. The van der Waals surface area contributed by atoms with Gasteiger partial charge in [-0.05, 0) is 41.3 Å². The second-order valence-electron chi connectivity index (χ2n) is 9.41. The van der Waals surface area contributed by atoms with Gasteiger partial charge in [0, 0.05) is 46.8 Å². The number of nitrogens with zero attached hydrogens (tertiary/aromatic N) is 3. The van der Waals surface area contributed by atoms with Crippen molar-refractivity contribution in [1.29, 1.82) is 0 Å². The molecule has 0 fully saturated rings. The molecule has 32 heavy (non-hydrogen) atoms. The van der Waals surface area contributed by atoms with E-state index in [-0.39, 0.29) is 11.2 Å². The van der Waals surface area contributed by atoms with Crippen LogP contribution >= 0.6 is 11.8 Å². The fourth-order valence-electron chi connectivity index (χ4n) is 4.24. The zero-order valence-electron chi connectivity index (χ0n) is 18.3. The second kappa shape index (κ2) is 7.45. The maximum atomic E-state index is 13.0. The smallest absolute Gasteiger partial charge is 0.163 e. The molecule has 162 valence electrons. The number of Topliss-reactive ketones (excluding diaryl/α,β-unsaturated/α-hetero) is 1. The molecular formula is C25H24N4O2S. The van der Waals surface area contributed by atoms with Crippen molar-refractivity contribution < 1.29 is 9.53 Å². The van der Waals surface area contributed by atoms with Crippen molar-refractivity contribution in [2.75, 3.05) is 5.75 Å². The van der Waals surface area contributed by atoms with Crippen LogP contribution in [-0.4, -0.2) is 26.7 Å². The van der Waals surface area contributed by atoms with Gasteiger partial charge in [-0.1, -0.05) is 38.6 Å². The van der Waals surface area contributed by atoms with E-state index >= 15 is 0 Å². The normalized spacial score (nSPS) is 19.2. The highest BCUT2D eigenvalue weighted by Crippen LogP contribution is 2.53. The Balaban J connectivity index is 1.66. The van der Waals surface area contributed by atoms with Gasteiger partial charge in [-0.3, -0.25) is 4.79 Å². The van der Waals surface area contributed by atoms with Crippen molar-refractivity contribution in [1.82, 2.24) is 9.97 Å². The van der Waals surface area contributed by atoms with Gasteiger partial charge in [-0.25, -0.2) is 15.0 Å². The third kappa shape index (κ3) is 3.56. The van der Waals surface area contributed by atoms with Gasteiger partial charge in [0.1, 0.15) is 23.4 Å². The minimum absolute atomic E-state index is 0.0911. The molecule has 0 saturated carbocycles. The Hall–Kier alpha value is -3.19. The molecule has 2 aliphatic heterocycles. The number of hydrogen-bond donors (Lipinski definition) is 1. The first-order valence-electron chi connectivity index (χ1n) is 10.5. The van der Waals surface area contributed by atoms with Gasteiger partial charge in [0.05, 0.1) is 0 Å². The van der Waals surface area contributed by atoms with Gasteiger partial charge < -0.3 is 10.5 Å². The van der Waals surface area contributed by atoms with E-state index in [0.29, 0.717) is 28.7 Å². The van der Waals surface area contributed by atoms with Crippen LogP contribution in [0.2, 0.25) is 0 Å². The average molecular weight is 445 g/mol. The van der Waals surface area contributed by atoms with Gasteiger partial charge in [-0.15, -0.1) is 0 Å². The maximum absolute atomic E-state index is 13.0. The van der Waals surface area contributed by atoms with Crippen LogP contribution in [0, 0.1) is 5.41 Å². The average Bonchev–Trinajstić information content (AvgIpc) is 3.15. The fraction of sp³-hybridized carbons (Fsp3) is 0.280. The molecule has 1 spiro atoms. The molecule has 1 atom stereocenters. The first-order chi connectivity index (χ1) is 15.2. The predicted octanol–water partition coefficient (Wildman–Crippen LogP) is 5.17. The summed E-state index contributed by atoms with van der Waals surface area (Å²) in [4.78, 5) is 26.2. The van der Waals surface area contributed by atoms with Crippen molar-refractivity contribution in [2.45, 2.75) is 32.7 Å². The lowest BCUT2D eigenvalue weighted by Gasteiger charge is -2.35. The second-order valence-corrected chi connectivity index (χ2v) is 10.4. The van der Waals surface area contributed by atoms with Gasteiger partial charge in [0.15, 0.2) is 11.0 Å². The van der Waals surface area contributed by atoms with E-state index in [1.807, 2.05) is 30.3 Å². The third-order valence-electron chi connectivity index (χ3n) is 5.71. The van der Waals surface area contributed by atoms with E-state index in [2.05, 4.69) is 36.8 Å². The van der Waals surface area contributed by atoms with Crippen molar-refractivity contribution in [3.63, 3.8) is 0 Å². The molecule has 0 bridgehead atoms. The first kappa shape index (κ1) is 20.7. The molecular weight excluding hydrogens is 420 g/mol. The standard InChI is InChI=1S/C25H24N4O2S/c1-24(2,3)10-20(30)16-5-7-22-19(9-16)25(13-32-23(26)29-25)18-8-15(4-6-21(18)31-22)17-11-27-14-28-12-17/h4-9,11-12,14H,10,13H2,1-3H3,(H2,26,29)/t25-/m1/s1. The van der Waals surface area contributed by atoms with Crippen LogP contribution < -0.4 is 10.5 Å². The zero-order valence-corrected chi connectivity index (χ0v) is 19.1. The Labute approximate surface area is 191 Å². The monoisotopic (exact) mass is 444 g/mol. The summed E-state index contributed by atoms with van der Waals surface area (Å²) in [5.74, 6) is 2.21. The van der Waals surface area contributed by atoms with E-state index in [0.717, 1.165) is 28.0 Å². The number of thioether (sulfide) groups is 1. The molecule has 3 heterocycles. The summed E-state index contributed by atoms with van der Waals surface area (Å²) in [6.07, 6.45) is 5.54. The molecule has 2 N–H and O–H groups in total. The van der Waals surface area contributed by atoms with E-state index in [9.17, 15) is 4.79 Å². The largest absolute Gasteiger partial charge is 0.457 e. The number of hydrogen-bond acceptors (Lipinski definition) is 7. The molecule has 0 aliphatic carbocycles. The van der Waals surface area contributed by atoms with Crippen LogP contribution in [0.15, 0.2) is 60.1 Å². The molecule has 2 aromatic carbocycles. The molecule has 0 amide bonds. The Morgan fingerprint density at radius 3 is 2.41 bits per heavy atom. The van der Waals surface area contributed by atoms with Crippen LogP contribution in [0.4, 0.5) is 0 Å². The highest BCUT2D eigenvalue weighted by molar-refractivity contribution is 8.14. The van der Waals surface area contributed by atoms with Crippen molar-refractivity contribution in [3.8, 4) is 22.6 Å². The number of carbonyl (C=O) groups is 1. The minimum atomic E-state index is -0.707. The fourth-order valence-corrected chi connectivity index (χ4v) is 5.19. The number of amidine groups is 1. The predicted molar refractivity (Wildman–Crippen MR) is 127 cm³/mol. The Kier molecular flexibility index (Phi) is 4.82. The molecule has 2 aliphatic rings. The van der Waals surface area contributed by atoms with Gasteiger partial charge >= 0.3 is 0 Å². The summed E-state index contributed by atoms with van der Waals surface area (Å²) in [6, 6.07) is 11.7. The lowest BCUT2D eigenvalue weighted by molar-refractivity contribution is 0.0939. The highest BCUT2D eigenvalue weighted by atomic mass is 32.2. The Bertz CT molecular complexity index is 1250. The van der Waals surface area contributed by atoms with Crippen molar-refractivity contribution >= 4 is 22.7 Å². The third-order valence-corrected chi connectivity index (χ3v) is 6.66. The van der Waals surface area contributed by atoms with E-state index in [1.165, 1.54) is 18.1 Å². The molecule has 3 aromatic rings. The van der Waals surface area contributed by atoms with Crippen molar-refractivity contribution in [3.05, 3.63) is 71.8 Å². The number of fused-ring (bicyclic) bond motifs is 4. The molecule has 5 rings (SSSR count). The van der Waals surface area contributed by atoms with Crippen molar-refractivity contribution in [2.24, 2.45) is 16.1 Å². The summed E-state index contributed by atoms with van der Waals surface area (Å²) in [5, 5.41) is 0.531. The summed E-state index contributed by atoms with van der Waals surface area (Å²) in [5.41, 5.74) is 9.73. The van der Waals surface area contributed by atoms with Crippen LogP contribution in [0.25, 0.3) is 11.1 Å². The number of rotatable bonds is 3. The summed E-state index contributed by atoms with van der Waals surface area (Å²) >= 11 is 1.52. The van der Waals surface area contributed by atoms with E-state index in [4.69, 9.17) is 15.5 Å². The minimum Gasteiger partial charge on any atom is -0.457 e. The van der Waals surface area contributed by atoms with Crippen LogP contribution in [0.1, 0.15) is 48.7 Å². The number of ether oxygens (including phenoxy) is 1. The highest BCUT2D eigenvalue weighted by Gasteiger charge is 2.46. The summed E-state index contributed by atoms with van der Waals surface area (Å²) in [6.45, 7) is 6.20. The lowest BCUT2D eigenvalue weighted by Crippen LogP contribution is -2.30. The zero-order chi connectivity index (χ0) is 22.5. The SMILES string of the molecule is CC(C)(C)CC(=O)c1ccc2c(c1)[C@@]1(CSC(N)=N1)c1cc(-c3cncnc3)ccc1O2. The van der Waals surface area contributed by atoms with Gasteiger partial charge in [0.25, 0.3) is 0 Å². The summed E-state index contributed by atoms with van der Waals surface area (Å²) in [7, 11) is 0. The summed E-state index contributed by atoms with van der Waals surface area (Å²) < 4.78 is 6.26. The van der Waals surface area contributed by atoms with Crippen LogP contribution in [0.3, 0.4) is 0 Å². The number of aromatic nitrogens is 2. The quantitative estimate of drug-likeness (QED) is 0.560. The number of ketones is 1. The molecule has 0 unspecified atom stereocenters. The van der Waals surface area contributed by atoms with Crippen LogP contribution in [-0.2, 0) is 5.54 Å².